The van der Waals surface area contributed by atoms with Crippen molar-refractivity contribution in [1.29, 1.82) is 0 Å². The Morgan fingerprint density at radius 2 is 2.11 bits per heavy atom. The van der Waals surface area contributed by atoms with E-state index in [0.29, 0.717) is 17.8 Å². The summed E-state index contributed by atoms with van der Waals surface area (Å²) in [7, 11) is 1.50. The maximum Gasteiger partial charge on any atom is 0.325 e. The van der Waals surface area contributed by atoms with Crippen LogP contribution in [0.25, 0.3) is 0 Å². The summed E-state index contributed by atoms with van der Waals surface area (Å²) in [5.74, 6) is -0.866. The second-order valence-electron chi connectivity index (χ2n) is 3.78. The zero-order valence-electron chi connectivity index (χ0n) is 10.8. The minimum absolute atomic E-state index is 0.125. The molecule has 0 aliphatic carbocycles. The van der Waals surface area contributed by atoms with Crippen LogP contribution in [-0.4, -0.2) is 47.2 Å². The van der Waals surface area contributed by atoms with E-state index >= 15 is 0 Å². The van der Waals surface area contributed by atoms with Gasteiger partial charge in [0.25, 0.3) is 5.91 Å². The van der Waals surface area contributed by atoms with Crippen LogP contribution in [0.15, 0.2) is 0 Å². The van der Waals surface area contributed by atoms with E-state index in [9.17, 15) is 9.59 Å². The largest absolute Gasteiger partial charge is 0.465 e. The third-order valence-corrected chi connectivity index (χ3v) is 2.46. The number of aromatic amines is 1. The van der Waals surface area contributed by atoms with Gasteiger partial charge in [0.05, 0.1) is 18.0 Å². The Balaban J connectivity index is 2.74. The van der Waals surface area contributed by atoms with Crippen LogP contribution in [0.5, 0.6) is 0 Å². The van der Waals surface area contributed by atoms with Gasteiger partial charge in [-0.3, -0.25) is 14.7 Å². The van der Waals surface area contributed by atoms with Gasteiger partial charge in [-0.25, -0.2) is 0 Å². The number of esters is 1. The molecule has 1 aromatic heterocycles. The van der Waals surface area contributed by atoms with Crippen LogP contribution in [-0.2, 0) is 16.0 Å². The van der Waals surface area contributed by atoms with E-state index in [-0.39, 0.29) is 18.8 Å². The summed E-state index contributed by atoms with van der Waals surface area (Å²) in [5.41, 5.74) is 6.96. The number of hydrogen-bond acceptors (Lipinski definition) is 5. The lowest BCUT2D eigenvalue weighted by Crippen LogP contribution is -2.33. The molecule has 0 atom stereocenters. The summed E-state index contributed by atoms with van der Waals surface area (Å²) >= 11 is 0. The highest BCUT2D eigenvalue weighted by Crippen LogP contribution is 2.15. The lowest BCUT2D eigenvalue weighted by molar-refractivity contribution is -0.143. The standard InChI is InChI=1S/C11H18N4O3/c1-4-7-9(12)10(14-13-7)11(17)15(3)6-8(16)18-5-2/h4-6,12H2,1-3H3,(H,13,14). The number of carbonyl (C=O) groups is 2. The number of anilines is 1. The van der Waals surface area contributed by atoms with E-state index in [2.05, 4.69) is 10.2 Å². The average molecular weight is 254 g/mol. The third kappa shape index (κ3) is 2.99. The van der Waals surface area contributed by atoms with E-state index in [1.165, 1.54) is 11.9 Å². The van der Waals surface area contributed by atoms with Gasteiger partial charge < -0.3 is 15.4 Å². The van der Waals surface area contributed by atoms with Crippen molar-refractivity contribution in [2.24, 2.45) is 0 Å². The van der Waals surface area contributed by atoms with E-state index in [4.69, 9.17) is 10.5 Å². The van der Waals surface area contributed by atoms with Crippen molar-refractivity contribution in [2.45, 2.75) is 20.3 Å². The highest BCUT2D eigenvalue weighted by molar-refractivity contribution is 5.98. The number of rotatable bonds is 5. The molecule has 0 aliphatic rings. The number of carbonyl (C=O) groups excluding carboxylic acids is 2. The smallest absolute Gasteiger partial charge is 0.325 e. The molecule has 1 rings (SSSR count). The van der Waals surface area contributed by atoms with Gasteiger partial charge in [0.1, 0.15) is 6.54 Å². The first-order valence-electron chi connectivity index (χ1n) is 5.75. The van der Waals surface area contributed by atoms with Crippen molar-refractivity contribution in [3.05, 3.63) is 11.4 Å². The minimum Gasteiger partial charge on any atom is -0.465 e. The van der Waals surface area contributed by atoms with Crippen molar-refractivity contribution in [3.8, 4) is 0 Å². The van der Waals surface area contributed by atoms with Gasteiger partial charge in [0.2, 0.25) is 0 Å². The summed E-state index contributed by atoms with van der Waals surface area (Å²) in [5, 5.41) is 6.57. The van der Waals surface area contributed by atoms with E-state index < -0.39 is 11.9 Å². The maximum absolute atomic E-state index is 12.0. The number of ether oxygens (including phenoxy) is 1. The Morgan fingerprint density at radius 1 is 1.44 bits per heavy atom. The summed E-state index contributed by atoms with van der Waals surface area (Å²) in [4.78, 5) is 24.5. The van der Waals surface area contributed by atoms with Gasteiger partial charge in [0.15, 0.2) is 5.69 Å². The number of nitrogens with one attached hydrogen (secondary N) is 1. The molecular formula is C11H18N4O3. The maximum atomic E-state index is 12.0. The molecular weight excluding hydrogens is 236 g/mol. The van der Waals surface area contributed by atoms with Crippen LogP contribution in [0.4, 0.5) is 5.69 Å². The summed E-state index contributed by atoms with van der Waals surface area (Å²) < 4.78 is 4.76. The van der Waals surface area contributed by atoms with Gasteiger partial charge >= 0.3 is 5.97 Å². The van der Waals surface area contributed by atoms with Gasteiger partial charge in [-0.05, 0) is 13.3 Å². The predicted octanol–water partition coefficient (Wildman–Crippen LogP) is 0.189. The molecule has 0 aromatic carbocycles. The second kappa shape index (κ2) is 6.04. The monoisotopic (exact) mass is 254 g/mol. The Morgan fingerprint density at radius 3 is 2.61 bits per heavy atom. The number of nitrogen functional groups attached to an aromatic ring is 1. The van der Waals surface area contributed by atoms with Crippen molar-refractivity contribution < 1.29 is 14.3 Å². The lowest BCUT2D eigenvalue weighted by Gasteiger charge is -2.14. The minimum atomic E-state index is -0.460. The van der Waals surface area contributed by atoms with Gasteiger partial charge in [-0.2, -0.15) is 5.10 Å². The molecule has 18 heavy (non-hydrogen) atoms. The quantitative estimate of drug-likeness (QED) is 0.730. The molecule has 0 saturated carbocycles. The SMILES string of the molecule is CCOC(=O)CN(C)C(=O)c1n[nH]c(CC)c1N. The zero-order valence-corrected chi connectivity index (χ0v) is 10.8. The fourth-order valence-electron chi connectivity index (χ4n) is 1.47. The molecule has 0 fully saturated rings. The third-order valence-electron chi connectivity index (χ3n) is 2.46. The highest BCUT2D eigenvalue weighted by atomic mass is 16.5. The van der Waals surface area contributed by atoms with Crippen molar-refractivity contribution in [3.63, 3.8) is 0 Å². The molecule has 7 nitrogen and oxygen atoms in total. The molecule has 0 radical (unpaired) electrons. The molecule has 7 heteroatoms. The number of H-pyrrole nitrogens is 1. The van der Waals surface area contributed by atoms with E-state index in [0.717, 1.165) is 0 Å². The number of nitrogens with zero attached hydrogens (tertiary/aromatic N) is 2. The van der Waals surface area contributed by atoms with Crippen LogP contribution in [0, 0.1) is 0 Å². The van der Waals surface area contributed by atoms with Crippen molar-refractivity contribution in [1.82, 2.24) is 15.1 Å². The van der Waals surface area contributed by atoms with Crippen molar-refractivity contribution >= 4 is 17.6 Å². The molecule has 100 valence electrons. The molecule has 1 amide bonds. The summed E-state index contributed by atoms with van der Waals surface area (Å²) in [6.45, 7) is 3.77. The van der Waals surface area contributed by atoms with Gasteiger partial charge in [0, 0.05) is 7.05 Å². The van der Waals surface area contributed by atoms with Crippen LogP contribution < -0.4 is 5.73 Å². The zero-order chi connectivity index (χ0) is 13.7. The number of amides is 1. The number of hydrogen-bond donors (Lipinski definition) is 2. The van der Waals surface area contributed by atoms with Crippen LogP contribution >= 0.6 is 0 Å². The molecule has 1 aromatic rings. The topological polar surface area (TPSA) is 101 Å². The Kier molecular flexibility index (Phi) is 4.70. The number of nitrogens with two attached hydrogens (primary N) is 1. The highest BCUT2D eigenvalue weighted by Gasteiger charge is 2.21. The average Bonchev–Trinajstić information content (AvgIpc) is 2.69. The first-order valence-corrected chi connectivity index (χ1v) is 5.75. The number of likely N-dealkylation sites (N-methyl/N-ethyl adjacent to an activating group) is 1. The van der Waals surface area contributed by atoms with E-state index in [1.807, 2.05) is 6.92 Å². The van der Waals surface area contributed by atoms with Crippen molar-refractivity contribution in [2.75, 3.05) is 25.9 Å². The second-order valence-corrected chi connectivity index (χ2v) is 3.78. The molecule has 3 N–H and O–H groups in total. The molecule has 0 bridgehead atoms. The predicted molar refractivity (Wildman–Crippen MR) is 66.0 cm³/mol. The van der Waals surface area contributed by atoms with E-state index in [1.54, 1.807) is 6.92 Å². The Hall–Kier alpha value is -2.05. The first kappa shape index (κ1) is 14.0. The lowest BCUT2D eigenvalue weighted by atomic mass is 10.2. The molecule has 0 unspecified atom stereocenters. The number of aromatic nitrogens is 2. The summed E-state index contributed by atoms with van der Waals surface area (Å²) in [6.07, 6.45) is 0.660. The fraction of sp³-hybridized carbons (Fsp3) is 0.545. The Labute approximate surface area is 105 Å². The molecule has 1 heterocycles. The molecule has 0 spiro atoms. The number of aryl methyl sites for hydroxylation is 1. The normalized spacial score (nSPS) is 10.2. The summed E-state index contributed by atoms with van der Waals surface area (Å²) in [6, 6.07) is 0. The van der Waals surface area contributed by atoms with Crippen LogP contribution in [0.2, 0.25) is 0 Å². The fourth-order valence-corrected chi connectivity index (χ4v) is 1.47. The van der Waals surface area contributed by atoms with Crippen LogP contribution in [0.3, 0.4) is 0 Å². The first-order chi connectivity index (χ1) is 8.51. The molecule has 0 saturated heterocycles. The van der Waals surface area contributed by atoms with Crippen LogP contribution in [0.1, 0.15) is 30.0 Å². The Bertz CT molecular complexity index is 441. The van der Waals surface area contributed by atoms with Gasteiger partial charge in [-0.15, -0.1) is 0 Å². The molecule has 0 aliphatic heterocycles. The van der Waals surface area contributed by atoms with Gasteiger partial charge in [-0.1, -0.05) is 6.92 Å².